The quantitative estimate of drug-likeness (QED) is 0.915. The molecule has 1 aromatic carbocycles. The molecule has 1 atom stereocenters. The summed E-state index contributed by atoms with van der Waals surface area (Å²) in [6.45, 7) is 3.74. The molecule has 0 aromatic heterocycles. The first-order valence-electron chi connectivity index (χ1n) is 5.87. The van der Waals surface area contributed by atoms with Gasteiger partial charge < -0.3 is 5.11 Å². The van der Waals surface area contributed by atoms with E-state index >= 15 is 0 Å². The van der Waals surface area contributed by atoms with Crippen LogP contribution in [0.5, 0.6) is 0 Å². The van der Waals surface area contributed by atoms with E-state index in [9.17, 15) is 9.18 Å². The number of likely N-dealkylation sites (tertiary alicyclic amines) is 1. The zero-order valence-electron chi connectivity index (χ0n) is 10.1. The van der Waals surface area contributed by atoms with E-state index in [0.29, 0.717) is 6.54 Å². The number of hydrogen-bond donors (Lipinski definition) is 1. The number of carboxylic acids is 1. The maximum absolute atomic E-state index is 13.2. The minimum Gasteiger partial charge on any atom is -0.481 e. The van der Waals surface area contributed by atoms with Crippen LogP contribution in [0.4, 0.5) is 4.39 Å². The standard InChI is InChI=1S/C13H15ClFNO2/c1-8(13(17)18)10-6-16(7-10)5-9-3-2-4-11(15)12(9)14/h2-4,8,10H,5-7H2,1H3,(H,17,18). The van der Waals surface area contributed by atoms with E-state index in [4.69, 9.17) is 16.7 Å². The highest BCUT2D eigenvalue weighted by Gasteiger charge is 2.34. The summed E-state index contributed by atoms with van der Waals surface area (Å²) in [5.41, 5.74) is 0.748. The van der Waals surface area contributed by atoms with Crippen LogP contribution in [0.1, 0.15) is 12.5 Å². The van der Waals surface area contributed by atoms with Crippen LogP contribution in [0, 0.1) is 17.7 Å². The lowest BCUT2D eigenvalue weighted by Crippen LogP contribution is -2.50. The summed E-state index contributed by atoms with van der Waals surface area (Å²) < 4.78 is 13.2. The minimum atomic E-state index is -0.761. The monoisotopic (exact) mass is 271 g/mol. The van der Waals surface area contributed by atoms with E-state index in [0.717, 1.165) is 18.7 Å². The third kappa shape index (κ3) is 2.65. The van der Waals surface area contributed by atoms with Crippen molar-refractivity contribution >= 4 is 17.6 Å². The molecule has 0 aliphatic carbocycles. The molecule has 2 rings (SSSR count). The molecule has 1 N–H and O–H groups in total. The smallest absolute Gasteiger partial charge is 0.306 e. The fraction of sp³-hybridized carbons (Fsp3) is 0.462. The average molecular weight is 272 g/mol. The summed E-state index contributed by atoms with van der Waals surface area (Å²) in [7, 11) is 0. The summed E-state index contributed by atoms with van der Waals surface area (Å²) >= 11 is 5.87. The molecule has 1 aromatic rings. The highest BCUT2D eigenvalue weighted by atomic mass is 35.5. The van der Waals surface area contributed by atoms with Crippen molar-refractivity contribution in [1.82, 2.24) is 4.90 Å². The number of halogens is 2. The van der Waals surface area contributed by atoms with Crippen LogP contribution in [0.15, 0.2) is 18.2 Å². The maximum atomic E-state index is 13.2. The summed E-state index contributed by atoms with van der Waals surface area (Å²) in [6.07, 6.45) is 0. The normalized spacial score (nSPS) is 18.4. The summed E-state index contributed by atoms with van der Waals surface area (Å²) in [5.74, 6) is -1.33. The van der Waals surface area contributed by atoms with Gasteiger partial charge >= 0.3 is 5.97 Å². The third-order valence-corrected chi connectivity index (χ3v) is 3.93. The van der Waals surface area contributed by atoms with Gasteiger partial charge in [0.05, 0.1) is 10.9 Å². The molecule has 18 heavy (non-hydrogen) atoms. The Kier molecular flexibility index (Phi) is 3.88. The Balaban J connectivity index is 1.91. The zero-order chi connectivity index (χ0) is 13.3. The Morgan fingerprint density at radius 1 is 1.61 bits per heavy atom. The van der Waals surface area contributed by atoms with E-state index in [2.05, 4.69) is 4.90 Å². The molecule has 3 nitrogen and oxygen atoms in total. The van der Waals surface area contributed by atoms with Gasteiger partial charge in [-0.05, 0) is 17.5 Å². The predicted octanol–water partition coefficient (Wildman–Crippen LogP) is 2.63. The number of rotatable bonds is 4. The molecule has 1 aliphatic heterocycles. The summed E-state index contributed by atoms with van der Waals surface area (Å²) in [4.78, 5) is 12.9. The van der Waals surface area contributed by atoms with Crippen LogP contribution >= 0.6 is 11.6 Å². The SMILES string of the molecule is CC(C(=O)O)C1CN(Cc2cccc(F)c2Cl)C1. The Labute approximate surface area is 110 Å². The molecule has 1 heterocycles. The molecule has 98 valence electrons. The van der Waals surface area contributed by atoms with E-state index in [1.807, 2.05) is 0 Å². The van der Waals surface area contributed by atoms with Crippen molar-refractivity contribution in [3.63, 3.8) is 0 Å². The van der Waals surface area contributed by atoms with E-state index in [1.165, 1.54) is 6.07 Å². The van der Waals surface area contributed by atoms with E-state index in [-0.39, 0.29) is 16.9 Å². The number of carbonyl (C=O) groups is 1. The van der Waals surface area contributed by atoms with Crippen LogP contribution in [0.3, 0.4) is 0 Å². The van der Waals surface area contributed by atoms with Gasteiger partial charge in [-0.1, -0.05) is 30.7 Å². The number of carboxylic acid groups (broad SMARTS) is 1. The van der Waals surface area contributed by atoms with Crippen molar-refractivity contribution in [2.24, 2.45) is 11.8 Å². The molecule has 1 aliphatic rings. The molecule has 1 unspecified atom stereocenters. The van der Waals surface area contributed by atoms with Crippen LogP contribution in [0.2, 0.25) is 5.02 Å². The third-order valence-electron chi connectivity index (χ3n) is 3.51. The molecule has 5 heteroatoms. The predicted molar refractivity (Wildman–Crippen MR) is 67.0 cm³/mol. The average Bonchev–Trinajstić information content (AvgIpc) is 2.27. The number of nitrogens with zero attached hydrogens (tertiary/aromatic N) is 1. The molecule has 0 saturated carbocycles. The van der Waals surface area contributed by atoms with Gasteiger partial charge in [-0.2, -0.15) is 0 Å². The lowest BCUT2D eigenvalue weighted by molar-refractivity contribution is -0.145. The first-order chi connectivity index (χ1) is 8.49. The molecule has 0 radical (unpaired) electrons. The van der Waals surface area contributed by atoms with Crippen molar-refractivity contribution in [2.75, 3.05) is 13.1 Å². The fourth-order valence-corrected chi connectivity index (χ4v) is 2.35. The van der Waals surface area contributed by atoms with E-state index < -0.39 is 11.8 Å². The van der Waals surface area contributed by atoms with Crippen molar-refractivity contribution < 1.29 is 14.3 Å². The maximum Gasteiger partial charge on any atom is 0.306 e. The molecule has 1 saturated heterocycles. The lowest BCUT2D eigenvalue weighted by Gasteiger charge is -2.41. The summed E-state index contributed by atoms with van der Waals surface area (Å²) in [5, 5.41) is 9.04. The Hall–Kier alpha value is -1.13. The number of benzene rings is 1. The van der Waals surface area contributed by atoms with Gasteiger partial charge in [-0.15, -0.1) is 0 Å². The van der Waals surface area contributed by atoms with Crippen molar-refractivity contribution in [2.45, 2.75) is 13.5 Å². The fourth-order valence-electron chi connectivity index (χ4n) is 2.17. The Morgan fingerprint density at radius 2 is 2.28 bits per heavy atom. The largest absolute Gasteiger partial charge is 0.481 e. The van der Waals surface area contributed by atoms with Gasteiger partial charge in [-0.3, -0.25) is 9.69 Å². The van der Waals surface area contributed by atoms with E-state index in [1.54, 1.807) is 19.1 Å². The number of hydrogen-bond acceptors (Lipinski definition) is 2. The lowest BCUT2D eigenvalue weighted by atomic mass is 9.87. The molecule has 0 spiro atoms. The first-order valence-corrected chi connectivity index (χ1v) is 6.25. The first kappa shape index (κ1) is 13.3. The minimum absolute atomic E-state index is 0.159. The second-order valence-electron chi connectivity index (χ2n) is 4.79. The topological polar surface area (TPSA) is 40.5 Å². The van der Waals surface area contributed by atoms with Crippen LogP contribution < -0.4 is 0 Å². The second kappa shape index (κ2) is 5.24. The van der Waals surface area contributed by atoms with Crippen molar-refractivity contribution in [3.8, 4) is 0 Å². The van der Waals surface area contributed by atoms with Crippen LogP contribution in [-0.2, 0) is 11.3 Å². The van der Waals surface area contributed by atoms with Gasteiger partial charge in [0.2, 0.25) is 0 Å². The highest BCUT2D eigenvalue weighted by Crippen LogP contribution is 2.28. The zero-order valence-corrected chi connectivity index (χ0v) is 10.8. The molecule has 0 bridgehead atoms. The van der Waals surface area contributed by atoms with Crippen molar-refractivity contribution in [1.29, 1.82) is 0 Å². The molecule has 0 amide bonds. The van der Waals surface area contributed by atoms with Gasteiger partial charge in [-0.25, -0.2) is 4.39 Å². The van der Waals surface area contributed by atoms with Gasteiger partial charge in [0, 0.05) is 19.6 Å². The summed E-state index contributed by atoms with van der Waals surface area (Å²) in [6, 6.07) is 4.75. The van der Waals surface area contributed by atoms with Gasteiger partial charge in [0.25, 0.3) is 0 Å². The number of aliphatic carboxylic acids is 1. The highest BCUT2D eigenvalue weighted by molar-refractivity contribution is 6.31. The Bertz CT molecular complexity index is 460. The molecule has 1 fully saturated rings. The second-order valence-corrected chi connectivity index (χ2v) is 5.17. The molecular formula is C13H15ClFNO2. The van der Waals surface area contributed by atoms with Crippen LogP contribution in [0.25, 0.3) is 0 Å². The Morgan fingerprint density at radius 3 is 2.89 bits per heavy atom. The van der Waals surface area contributed by atoms with Crippen LogP contribution in [-0.4, -0.2) is 29.1 Å². The van der Waals surface area contributed by atoms with Gasteiger partial charge in [0.15, 0.2) is 0 Å². The van der Waals surface area contributed by atoms with Crippen molar-refractivity contribution in [3.05, 3.63) is 34.6 Å². The molecular weight excluding hydrogens is 257 g/mol. The van der Waals surface area contributed by atoms with Gasteiger partial charge in [0.1, 0.15) is 5.82 Å².